The minimum Gasteiger partial charge on any atom is -0.480 e. The molecular formula is C15H23NO2. The van der Waals surface area contributed by atoms with Crippen LogP contribution in [0.4, 0.5) is 5.69 Å². The summed E-state index contributed by atoms with van der Waals surface area (Å²) in [4.78, 5) is 12.8. The van der Waals surface area contributed by atoms with Crippen LogP contribution < -0.4 is 4.90 Å². The molecule has 1 rings (SSSR count). The van der Waals surface area contributed by atoms with Crippen LogP contribution in [0, 0.1) is 6.92 Å². The predicted octanol–water partition coefficient (Wildman–Crippen LogP) is 3.47. The first kappa shape index (κ1) is 14.6. The van der Waals surface area contributed by atoms with Gasteiger partial charge in [0.15, 0.2) is 0 Å². The Hall–Kier alpha value is -1.51. The monoisotopic (exact) mass is 249 g/mol. The summed E-state index contributed by atoms with van der Waals surface area (Å²) in [5.41, 5.74) is 2.19. The van der Waals surface area contributed by atoms with Crippen molar-refractivity contribution in [3.63, 3.8) is 0 Å². The Bertz CT molecular complexity index is 359. The van der Waals surface area contributed by atoms with E-state index in [1.54, 1.807) is 0 Å². The third kappa shape index (κ3) is 5.21. The third-order valence-corrected chi connectivity index (χ3v) is 3.01. The molecule has 0 aliphatic heterocycles. The second-order valence-electron chi connectivity index (χ2n) is 4.71. The van der Waals surface area contributed by atoms with Gasteiger partial charge in [0.05, 0.1) is 0 Å². The van der Waals surface area contributed by atoms with Gasteiger partial charge in [0.2, 0.25) is 0 Å². The zero-order valence-corrected chi connectivity index (χ0v) is 11.4. The van der Waals surface area contributed by atoms with E-state index in [9.17, 15) is 4.79 Å². The average Bonchev–Trinajstić information content (AvgIpc) is 2.34. The maximum Gasteiger partial charge on any atom is 0.323 e. The molecule has 0 fully saturated rings. The minimum absolute atomic E-state index is 0.0786. The van der Waals surface area contributed by atoms with Crippen molar-refractivity contribution in [1.29, 1.82) is 0 Å². The summed E-state index contributed by atoms with van der Waals surface area (Å²) in [6, 6.07) is 8.04. The predicted molar refractivity (Wildman–Crippen MR) is 75.2 cm³/mol. The molecule has 0 saturated carbocycles. The molecule has 3 heteroatoms. The highest BCUT2D eigenvalue weighted by atomic mass is 16.4. The molecule has 0 heterocycles. The Morgan fingerprint density at radius 2 is 1.83 bits per heavy atom. The lowest BCUT2D eigenvalue weighted by atomic mass is 10.1. The van der Waals surface area contributed by atoms with E-state index in [1.807, 2.05) is 36.1 Å². The van der Waals surface area contributed by atoms with Crippen molar-refractivity contribution in [3.8, 4) is 0 Å². The molecule has 0 saturated heterocycles. The van der Waals surface area contributed by atoms with Gasteiger partial charge in [-0.3, -0.25) is 4.79 Å². The number of hydrogen-bond acceptors (Lipinski definition) is 2. The van der Waals surface area contributed by atoms with Crippen LogP contribution >= 0.6 is 0 Å². The first-order chi connectivity index (χ1) is 8.63. The Morgan fingerprint density at radius 3 is 2.39 bits per heavy atom. The van der Waals surface area contributed by atoms with E-state index >= 15 is 0 Å². The van der Waals surface area contributed by atoms with Crippen molar-refractivity contribution in [2.45, 2.75) is 39.5 Å². The van der Waals surface area contributed by atoms with Gasteiger partial charge in [0.1, 0.15) is 6.54 Å². The molecule has 18 heavy (non-hydrogen) atoms. The van der Waals surface area contributed by atoms with E-state index < -0.39 is 5.97 Å². The first-order valence-electron chi connectivity index (χ1n) is 6.67. The highest BCUT2D eigenvalue weighted by Crippen LogP contribution is 2.16. The molecule has 0 amide bonds. The smallest absolute Gasteiger partial charge is 0.323 e. The maximum atomic E-state index is 10.9. The van der Waals surface area contributed by atoms with E-state index in [0.29, 0.717) is 0 Å². The number of nitrogens with zero attached hydrogens (tertiary/aromatic N) is 1. The lowest BCUT2D eigenvalue weighted by molar-refractivity contribution is -0.135. The lowest BCUT2D eigenvalue weighted by Crippen LogP contribution is -2.30. The van der Waals surface area contributed by atoms with Crippen molar-refractivity contribution >= 4 is 11.7 Å². The number of hydrogen-bond donors (Lipinski definition) is 1. The van der Waals surface area contributed by atoms with E-state index in [4.69, 9.17) is 5.11 Å². The molecule has 1 aromatic rings. The quantitative estimate of drug-likeness (QED) is 0.717. The second kappa shape index (κ2) is 7.75. The van der Waals surface area contributed by atoms with Crippen molar-refractivity contribution < 1.29 is 9.90 Å². The summed E-state index contributed by atoms with van der Waals surface area (Å²) in [6.45, 7) is 5.10. The van der Waals surface area contributed by atoms with Crippen molar-refractivity contribution in [2.24, 2.45) is 0 Å². The average molecular weight is 249 g/mol. The van der Waals surface area contributed by atoms with Gasteiger partial charge in [-0.2, -0.15) is 0 Å². The molecular weight excluding hydrogens is 226 g/mol. The van der Waals surface area contributed by atoms with Crippen molar-refractivity contribution in [2.75, 3.05) is 18.0 Å². The zero-order valence-electron chi connectivity index (χ0n) is 11.4. The number of benzene rings is 1. The molecule has 0 radical (unpaired) electrons. The Labute approximate surface area is 109 Å². The molecule has 3 nitrogen and oxygen atoms in total. The van der Waals surface area contributed by atoms with E-state index in [2.05, 4.69) is 6.92 Å². The first-order valence-corrected chi connectivity index (χ1v) is 6.67. The maximum absolute atomic E-state index is 10.9. The minimum atomic E-state index is -0.772. The summed E-state index contributed by atoms with van der Waals surface area (Å²) >= 11 is 0. The highest BCUT2D eigenvalue weighted by Gasteiger charge is 2.09. The fourth-order valence-corrected chi connectivity index (χ4v) is 1.95. The van der Waals surface area contributed by atoms with Crippen molar-refractivity contribution in [3.05, 3.63) is 29.8 Å². The van der Waals surface area contributed by atoms with Crippen LogP contribution in [-0.2, 0) is 4.79 Å². The largest absolute Gasteiger partial charge is 0.480 e. The Balaban J connectivity index is 2.59. The topological polar surface area (TPSA) is 40.5 Å². The van der Waals surface area contributed by atoms with Crippen LogP contribution in [0.15, 0.2) is 24.3 Å². The van der Waals surface area contributed by atoms with Crippen LogP contribution in [0.2, 0.25) is 0 Å². The van der Waals surface area contributed by atoms with Crippen LogP contribution in [0.25, 0.3) is 0 Å². The van der Waals surface area contributed by atoms with Crippen LogP contribution in [0.1, 0.15) is 38.2 Å². The summed E-state index contributed by atoms with van der Waals surface area (Å²) in [5, 5.41) is 8.96. The van der Waals surface area contributed by atoms with Gasteiger partial charge in [-0.1, -0.05) is 43.9 Å². The zero-order chi connectivity index (χ0) is 13.4. The molecule has 0 aromatic heterocycles. The number of carbonyl (C=O) groups is 1. The van der Waals surface area contributed by atoms with Gasteiger partial charge in [-0.15, -0.1) is 0 Å². The Kier molecular flexibility index (Phi) is 6.26. The van der Waals surface area contributed by atoms with Gasteiger partial charge >= 0.3 is 5.97 Å². The van der Waals surface area contributed by atoms with Gasteiger partial charge in [0.25, 0.3) is 0 Å². The number of carboxylic acid groups (broad SMARTS) is 1. The van der Waals surface area contributed by atoms with Gasteiger partial charge in [-0.25, -0.2) is 0 Å². The number of unbranched alkanes of at least 4 members (excludes halogenated alkanes) is 3. The second-order valence-corrected chi connectivity index (χ2v) is 4.71. The van der Waals surface area contributed by atoms with Crippen LogP contribution in [-0.4, -0.2) is 24.2 Å². The molecule has 0 spiro atoms. The highest BCUT2D eigenvalue weighted by molar-refractivity contribution is 5.73. The molecule has 0 aliphatic rings. The van der Waals surface area contributed by atoms with Gasteiger partial charge in [0, 0.05) is 12.2 Å². The molecule has 1 aromatic carbocycles. The summed E-state index contributed by atoms with van der Waals surface area (Å²) in [7, 11) is 0. The standard InChI is InChI=1S/C15H23NO2/c1-3-4-5-6-11-16(12-15(17)18)14-9-7-13(2)8-10-14/h7-10H,3-6,11-12H2,1-2H3,(H,17,18). The van der Waals surface area contributed by atoms with E-state index in [0.717, 1.165) is 18.7 Å². The van der Waals surface area contributed by atoms with E-state index in [1.165, 1.54) is 24.8 Å². The normalized spacial score (nSPS) is 10.3. The fourth-order valence-electron chi connectivity index (χ4n) is 1.95. The summed E-state index contributed by atoms with van der Waals surface area (Å²) < 4.78 is 0. The molecule has 100 valence electrons. The van der Waals surface area contributed by atoms with Crippen LogP contribution in [0.3, 0.4) is 0 Å². The third-order valence-electron chi connectivity index (χ3n) is 3.01. The molecule has 0 aliphatic carbocycles. The Morgan fingerprint density at radius 1 is 1.17 bits per heavy atom. The SMILES string of the molecule is CCCCCCN(CC(=O)O)c1ccc(C)cc1. The van der Waals surface area contributed by atoms with E-state index in [-0.39, 0.29) is 6.54 Å². The van der Waals surface area contributed by atoms with Crippen molar-refractivity contribution in [1.82, 2.24) is 0 Å². The fraction of sp³-hybridized carbons (Fsp3) is 0.533. The number of anilines is 1. The summed E-state index contributed by atoms with van der Waals surface area (Å²) in [5.74, 6) is -0.772. The molecule has 0 atom stereocenters. The molecule has 1 N–H and O–H groups in total. The molecule has 0 bridgehead atoms. The number of rotatable bonds is 8. The molecule has 0 unspecified atom stereocenters. The van der Waals surface area contributed by atoms with Gasteiger partial charge in [-0.05, 0) is 25.5 Å². The van der Waals surface area contributed by atoms with Crippen LogP contribution in [0.5, 0.6) is 0 Å². The van der Waals surface area contributed by atoms with Gasteiger partial charge < -0.3 is 10.0 Å². The summed E-state index contributed by atoms with van der Waals surface area (Å²) in [6.07, 6.45) is 4.63. The lowest BCUT2D eigenvalue weighted by Gasteiger charge is -2.23. The number of aliphatic carboxylic acids is 1. The number of aryl methyl sites for hydroxylation is 1. The number of carboxylic acids is 1.